The van der Waals surface area contributed by atoms with Gasteiger partial charge < -0.3 is 26.2 Å². The van der Waals surface area contributed by atoms with Crippen LogP contribution in [0.15, 0.2) is 0 Å². The summed E-state index contributed by atoms with van der Waals surface area (Å²) in [5.41, 5.74) is 6.42. The molecule has 0 saturated carbocycles. The number of nitrogens with one attached hydrogen (secondary N) is 2. The largest absolute Gasteiger partial charge is 0.383 e. The van der Waals surface area contributed by atoms with Crippen molar-refractivity contribution in [2.75, 3.05) is 32.6 Å². The standard InChI is InChI=1S/C13H21N5O2/c1-4-10-11(12(14)19)13(15-2)18(17-10)9-5-8(7-20-3)16-6-9/h1,8-9,12,15-16,19H,5-7,14H2,2-3H3/t8-,9+,12?/m1/s1. The average Bonchev–Trinajstić information content (AvgIpc) is 3.01. The molecule has 7 heteroatoms. The Morgan fingerprint density at radius 3 is 3.05 bits per heavy atom. The number of aliphatic hydroxyl groups excluding tert-OH is 1. The maximum atomic E-state index is 9.69. The third-order valence-corrected chi connectivity index (χ3v) is 3.53. The smallest absolute Gasteiger partial charge is 0.144 e. The molecular weight excluding hydrogens is 258 g/mol. The van der Waals surface area contributed by atoms with Crippen molar-refractivity contribution in [1.82, 2.24) is 15.1 Å². The van der Waals surface area contributed by atoms with Gasteiger partial charge in [0, 0.05) is 26.7 Å². The molecule has 20 heavy (non-hydrogen) atoms. The number of ether oxygens (including phenoxy) is 1. The van der Waals surface area contributed by atoms with E-state index < -0.39 is 6.23 Å². The van der Waals surface area contributed by atoms with Crippen molar-refractivity contribution in [1.29, 1.82) is 0 Å². The number of rotatable bonds is 5. The Hall–Kier alpha value is -1.59. The Morgan fingerprint density at radius 1 is 1.75 bits per heavy atom. The van der Waals surface area contributed by atoms with Crippen LogP contribution in [0.3, 0.4) is 0 Å². The first-order valence-corrected chi connectivity index (χ1v) is 6.55. The van der Waals surface area contributed by atoms with Gasteiger partial charge in [0.05, 0.1) is 18.2 Å². The molecule has 2 rings (SSSR count). The van der Waals surface area contributed by atoms with Crippen LogP contribution in [0, 0.1) is 12.3 Å². The van der Waals surface area contributed by atoms with Crippen LogP contribution in [0.25, 0.3) is 0 Å². The van der Waals surface area contributed by atoms with Crippen LogP contribution in [0.5, 0.6) is 0 Å². The highest BCUT2D eigenvalue weighted by molar-refractivity contribution is 5.53. The predicted molar refractivity (Wildman–Crippen MR) is 76.2 cm³/mol. The van der Waals surface area contributed by atoms with E-state index in [-0.39, 0.29) is 6.04 Å². The molecule has 0 aromatic carbocycles. The lowest BCUT2D eigenvalue weighted by Gasteiger charge is -2.15. The van der Waals surface area contributed by atoms with Gasteiger partial charge in [-0.3, -0.25) is 0 Å². The number of nitrogens with two attached hydrogens (primary N) is 1. The second kappa shape index (κ2) is 6.24. The Balaban J connectivity index is 2.31. The number of aliphatic hydroxyl groups is 1. The van der Waals surface area contributed by atoms with Gasteiger partial charge in [-0.1, -0.05) is 0 Å². The van der Waals surface area contributed by atoms with E-state index in [4.69, 9.17) is 16.9 Å². The maximum Gasteiger partial charge on any atom is 0.144 e. The summed E-state index contributed by atoms with van der Waals surface area (Å²) >= 11 is 0. The van der Waals surface area contributed by atoms with Crippen LogP contribution in [-0.4, -0.2) is 48.2 Å². The van der Waals surface area contributed by atoms with Crippen LogP contribution in [0.4, 0.5) is 5.82 Å². The topological polar surface area (TPSA) is 97.4 Å². The lowest BCUT2D eigenvalue weighted by atomic mass is 10.1. The van der Waals surface area contributed by atoms with Crippen LogP contribution < -0.4 is 16.4 Å². The number of aromatic nitrogens is 2. The van der Waals surface area contributed by atoms with Gasteiger partial charge in [0.15, 0.2) is 0 Å². The predicted octanol–water partition coefficient (Wildman–Crippen LogP) is -0.595. The molecule has 2 heterocycles. The molecule has 5 N–H and O–H groups in total. The number of hydrogen-bond donors (Lipinski definition) is 4. The summed E-state index contributed by atoms with van der Waals surface area (Å²) in [5, 5.41) is 20.5. The zero-order chi connectivity index (χ0) is 14.7. The van der Waals surface area contributed by atoms with E-state index in [1.165, 1.54) is 0 Å². The van der Waals surface area contributed by atoms with Crippen LogP contribution in [0.2, 0.25) is 0 Å². The highest BCUT2D eigenvalue weighted by Crippen LogP contribution is 2.30. The maximum absolute atomic E-state index is 9.69. The van der Waals surface area contributed by atoms with Crippen molar-refractivity contribution < 1.29 is 9.84 Å². The molecule has 1 aromatic rings. The van der Waals surface area contributed by atoms with Gasteiger partial charge in [0.25, 0.3) is 0 Å². The van der Waals surface area contributed by atoms with Crippen molar-refractivity contribution in [3.8, 4) is 12.3 Å². The molecule has 1 aromatic heterocycles. The summed E-state index contributed by atoms with van der Waals surface area (Å²) in [6.07, 6.45) is 5.17. The van der Waals surface area contributed by atoms with Gasteiger partial charge in [0.2, 0.25) is 0 Å². The fourth-order valence-corrected chi connectivity index (χ4v) is 2.66. The quantitative estimate of drug-likeness (QED) is 0.425. The molecule has 7 nitrogen and oxygen atoms in total. The number of anilines is 1. The van der Waals surface area contributed by atoms with Crippen molar-refractivity contribution in [2.24, 2.45) is 5.73 Å². The van der Waals surface area contributed by atoms with E-state index in [1.54, 1.807) is 14.2 Å². The molecule has 1 aliphatic heterocycles. The van der Waals surface area contributed by atoms with E-state index >= 15 is 0 Å². The third-order valence-electron chi connectivity index (χ3n) is 3.53. The molecular formula is C13H21N5O2. The fraction of sp³-hybridized carbons (Fsp3) is 0.615. The Labute approximate surface area is 118 Å². The molecule has 110 valence electrons. The van der Waals surface area contributed by atoms with E-state index in [9.17, 15) is 5.11 Å². The Bertz CT molecular complexity index is 506. The van der Waals surface area contributed by atoms with Crippen molar-refractivity contribution >= 4 is 5.82 Å². The molecule has 0 radical (unpaired) electrons. The lowest BCUT2D eigenvalue weighted by Crippen LogP contribution is -2.25. The van der Waals surface area contributed by atoms with E-state index in [0.717, 1.165) is 13.0 Å². The van der Waals surface area contributed by atoms with Gasteiger partial charge in [-0.2, -0.15) is 5.10 Å². The zero-order valence-electron chi connectivity index (χ0n) is 11.8. The summed E-state index contributed by atoms with van der Waals surface area (Å²) < 4.78 is 6.96. The minimum absolute atomic E-state index is 0.150. The molecule has 0 spiro atoms. The van der Waals surface area contributed by atoms with Gasteiger partial charge >= 0.3 is 0 Å². The molecule has 0 bridgehead atoms. The molecule has 0 amide bonds. The molecule has 0 aliphatic carbocycles. The van der Waals surface area contributed by atoms with Crippen LogP contribution in [-0.2, 0) is 4.74 Å². The first-order chi connectivity index (χ1) is 9.62. The second-order valence-corrected chi connectivity index (χ2v) is 4.84. The van der Waals surface area contributed by atoms with Crippen molar-refractivity contribution in [3.63, 3.8) is 0 Å². The first-order valence-electron chi connectivity index (χ1n) is 6.55. The summed E-state index contributed by atoms with van der Waals surface area (Å²) in [4.78, 5) is 0. The minimum atomic E-state index is -1.15. The summed E-state index contributed by atoms with van der Waals surface area (Å²) in [5.74, 6) is 3.14. The highest BCUT2D eigenvalue weighted by atomic mass is 16.5. The normalized spacial score (nSPS) is 23.6. The second-order valence-electron chi connectivity index (χ2n) is 4.84. The van der Waals surface area contributed by atoms with Gasteiger partial charge in [0.1, 0.15) is 17.7 Å². The minimum Gasteiger partial charge on any atom is -0.383 e. The van der Waals surface area contributed by atoms with Crippen LogP contribution >= 0.6 is 0 Å². The van der Waals surface area contributed by atoms with E-state index in [0.29, 0.717) is 29.7 Å². The average molecular weight is 279 g/mol. The first kappa shape index (κ1) is 14.8. The van der Waals surface area contributed by atoms with E-state index in [2.05, 4.69) is 21.7 Å². The van der Waals surface area contributed by atoms with Gasteiger partial charge in [-0.05, 0) is 12.3 Å². The lowest BCUT2D eigenvalue weighted by molar-refractivity contribution is 0.172. The summed E-state index contributed by atoms with van der Waals surface area (Å²) in [6, 6.07) is 0.441. The monoisotopic (exact) mass is 279 g/mol. The van der Waals surface area contributed by atoms with Crippen molar-refractivity contribution in [3.05, 3.63) is 11.3 Å². The van der Waals surface area contributed by atoms with E-state index in [1.807, 2.05) is 4.68 Å². The van der Waals surface area contributed by atoms with Crippen LogP contribution in [0.1, 0.15) is 29.9 Å². The molecule has 1 saturated heterocycles. The summed E-state index contributed by atoms with van der Waals surface area (Å²) in [6.45, 7) is 1.43. The number of nitrogens with zero attached hydrogens (tertiary/aromatic N) is 2. The molecule has 1 aliphatic rings. The fourth-order valence-electron chi connectivity index (χ4n) is 2.66. The zero-order valence-corrected chi connectivity index (χ0v) is 11.8. The SMILES string of the molecule is C#Cc1nn([C@@H]2CN[C@@H](COC)C2)c(NC)c1C(N)O. The Morgan fingerprint density at radius 2 is 2.50 bits per heavy atom. The molecule has 1 unspecified atom stereocenters. The summed E-state index contributed by atoms with van der Waals surface area (Å²) in [7, 11) is 3.44. The molecule has 1 fully saturated rings. The highest BCUT2D eigenvalue weighted by Gasteiger charge is 2.30. The number of methoxy groups -OCH3 is 1. The number of hydrogen-bond acceptors (Lipinski definition) is 6. The van der Waals surface area contributed by atoms with Gasteiger partial charge in [-0.15, -0.1) is 6.42 Å². The third kappa shape index (κ3) is 2.64. The van der Waals surface area contributed by atoms with Crippen molar-refractivity contribution in [2.45, 2.75) is 24.7 Å². The molecule has 3 atom stereocenters. The number of terminal acetylenes is 1. The van der Waals surface area contributed by atoms with Gasteiger partial charge in [-0.25, -0.2) is 4.68 Å². The Kier molecular flexibility index (Phi) is 4.62.